The molecule has 1 aromatic rings. The molecule has 0 aliphatic carbocycles. The molecular weight excluding hydrogens is 333 g/mol. The fourth-order valence-electron chi connectivity index (χ4n) is 2.94. The van der Waals surface area contributed by atoms with Crippen LogP contribution in [0, 0.1) is 11.7 Å². The topological polar surface area (TPSA) is 54.9 Å². The Kier molecular flexibility index (Phi) is 8.16. The lowest BCUT2D eigenvalue weighted by Crippen LogP contribution is -2.42. The summed E-state index contributed by atoms with van der Waals surface area (Å²) in [6.45, 7) is 10.7. The molecule has 1 heterocycles. The molecule has 0 amide bonds. The molecule has 1 atom stereocenters. The number of hydrogen-bond donors (Lipinski definition) is 2. The Bertz CT molecular complexity index is 605. The average Bonchev–Trinajstić information content (AvgIpc) is 2.60. The van der Waals surface area contributed by atoms with E-state index in [-0.39, 0.29) is 12.6 Å². The van der Waals surface area contributed by atoms with Gasteiger partial charge in [0.25, 0.3) is 0 Å². The highest BCUT2D eigenvalue weighted by atomic mass is 19.1. The van der Waals surface area contributed by atoms with Gasteiger partial charge in [-0.05, 0) is 56.7 Å². The maximum Gasteiger partial charge on any atom is 0.191 e. The highest BCUT2D eigenvalue weighted by molar-refractivity contribution is 5.80. The standard InChI is InChI=1S/C20H32FN3O2/c1-5-22-20(24-15(4)7-6-14(2)3)23-9-8-16-10-18(21)11-17-12-25-13-26-19(16)17/h10-11,14-15H,5-9,12-13H2,1-4H3,(H2,22,23,24). The maximum absolute atomic E-state index is 13.8. The van der Waals surface area contributed by atoms with Crippen molar-refractivity contribution in [3.05, 3.63) is 29.1 Å². The molecule has 1 aromatic carbocycles. The number of nitrogens with zero attached hydrogens (tertiary/aromatic N) is 1. The first-order valence-corrected chi connectivity index (χ1v) is 9.56. The highest BCUT2D eigenvalue weighted by Gasteiger charge is 2.16. The van der Waals surface area contributed by atoms with Crippen molar-refractivity contribution < 1.29 is 13.9 Å². The Hall–Kier alpha value is -1.82. The van der Waals surface area contributed by atoms with Crippen molar-refractivity contribution in [3.63, 3.8) is 0 Å². The van der Waals surface area contributed by atoms with E-state index < -0.39 is 0 Å². The van der Waals surface area contributed by atoms with Gasteiger partial charge in [0.2, 0.25) is 0 Å². The van der Waals surface area contributed by atoms with Crippen LogP contribution < -0.4 is 15.4 Å². The summed E-state index contributed by atoms with van der Waals surface area (Å²) in [5, 5.41) is 6.72. The molecule has 5 nitrogen and oxygen atoms in total. The third-order valence-corrected chi connectivity index (χ3v) is 4.31. The number of nitrogens with one attached hydrogen (secondary N) is 2. The van der Waals surface area contributed by atoms with Gasteiger partial charge in [-0.15, -0.1) is 0 Å². The molecule has 26 heavy (non-hydrogen) atoms. The fourth-order valence-corrected chi connectivity index (χ4v) is 2.94. The van der Waals surface area contributed by atoms with E-state index in [0.717, 1.165) is 35.8 Å². The molecule has 2 rings (SSSR count). The summed E-state index contributed by atoms with van der Waals surface area (Å²) < 4.78 is 24.6. The van der Waals surface area contributed by atoms with Crippen LogP contribution in [0.2, 0.25) is 0 Å². The van der Waals surface area contributed by atoms with Crippen molar-refractivity contribution in [1.82, 2.24) is 10.6 Å². The monoisotopic (exact) mass is 365 g/mol. The summed E-state index contributed by atoms with van der Waals surface area (Å²) in [6.07, 6.45) is 2.91. The van der Waals surface area contributed by atoms with Gasteiger partial charge in [0.05, 0.1) is 6.61 Å². The first-order chi connectivity index (χ1) is 12.5. The zero-order chi connectivity index (χ0) is 18.9. The quantitative estimate of drug-likeness (QED) is 0.546. The van der Waals surface area contributed by atoms with Gasteiger partial charge in [0.1, 0.15) is 11.6 Å². The average molecular weight is 365 g/mol. The van der Waals surface area contributed by atoms with Gasteiger partial charge in [0, 0.05) is 24.7 Å². The van der Waals surface area contributed by atoms with E-state index in [9.17, 15) is 4.39 Å². The van der Waals surface area contributed by atoms with Gasteiger partial charge < -0.3 is 20.1 Å². The summed E-state index contributed by atoms with van der Waals surface area (Å²) in [6, 6.07) is 3.37. The molecule has 0 spiro atoms. The van der Waals surface area contributed by atoms with E-state index in [4.69, 9.17) is 9.47 Å². The van der Waals surface area contributed by atoms with Crippen molar-refractivity contribution in [2.45, 2.75) is 59.6 Å². The van der Waals surface area contributed by atoms with E-state index in [1.165, 1.54) is 18.6 Å². The SMILES string of the molecule is CCNC(=NCCc1cc(F)cc2c1OCOC2)NC(C)CCC(C)C. The summed E-state index contributed by atoms with van der Waals surface area (Å²) >= 11 is 0. The Morgan fingerprint density at radius 1 is 1.27 bits per heavy atom. The van der Waals surface area contributed by atoms with Gasteiger partial charge in [0.15, 0.2) is 12.8 Å². The van der Waals surface area contributed by atoms with Crippen molar-refractivity contribution in [1.29, 1.82) is 0 Å². The lowest BCUT2D eigenvalue weighted by Gasteiger charge is -2.21. The zero-order valence-corrected chi connectivity index (χ0v) is 16.4. The predicted octanol–water partition coefficient (Wildman–Crippen LogP) is 3.61. The van der Waals surface area contributed by atoms with Crippen molar-refractivity contribution in [2.75, 3.05) is 19.9 Å². The molecule has 1 aliphatic rings. The molecule has 6 heteroatoms. The van der Waals surface area contributed by atoms with E-state index in [1.807, 2.05) is 6.92 Å². The van der Waals surface area contributed by atoms with Crippen LogP contribution in [0.15, 0.2) is 17.1 Å². The molecule has 0 fully saturated rings. The van der Waals surface area contributed by atoms with Crippen LogP contribution >= 0.6 is 0 Å². The van der Waals surface area contributed by atoms with Crippen molar-refractivity contribution >= 4 is 5.96 Å². The van der Waals surface area contributed by atoms with E-state index in [0.29, 0.717) is 31.5 Å². The summed E-state index contributed by atoms with van der Waals surface area (Å²) in [5.41, 5.74) is 1.61. The number of ether oxygens (including phenoxy) is 2. The minimum atomic E-state index is -0.260. The number of hydrogen-bond acceptors (Lipinski definition) is 3. The van der Waals surface area contributed by atoms with Gasteiger partial charge in [-0.2, -0.15) is 0 Å². The molecule has 0 bridgehead atoms. The van der Waals surface area contributed by atoms with Crippen LogP contribution in [0.5, 0.6) is 5.75 Å². The molecule has 1 aliphatic heterocycles. The first kappa shape index (κ1) is 20.5. The van der Waals surface area contributed by atoms with Gasteiger partial charge in [-0.1, -0.05) is 13.8 Å². The molecule has 0 radical (unpaired) electrons. The Balaban J connectivity index is 1.96. The minimum Gasteiger partial charge on any atom is -0.467 e. The summed E-state index contributed by atoms with van der Waals surface area (Å²) in [5.74, 6) is 1.99. The number of aliphatic imine (C=N–C) groups is 1. The largest absolute Gasteiger partial charge is 0.467 e. The molecule has 1 unspecified atom stereocenters. The smallest absolute Gasteiger partial charge is 0.191 e. The number of guanidine groups is 1. The number of halogens is 1. The molecule has 0 aromatic heterocycles. The zero-order valence-electron chi connectivity index (χ0n) is 16.4. The van der Waals surface area contributed by atoms with Crippen LogP contribution in [0.1, 0.15) is 51.7 Å². The lowest BCUT2D eigenvalue weighted by molar-refractivity contribution is -0.0172. The van der Waals surface area contributed by atoms with Gasteiger partial charge in [-0.25, -0.2) is 4.39 Å². The van der Waals surface area contributed by atoms with Crippen molar-refractivity contribution in [2.24, 2.45) is 10.9 Å². The maximum atomic E-state index is 13.8. The van der Waals surface area contributed by atoms with Crippen molar-refractivity contribution in [3.8, 4) is 5.75 Å². The molecule has 0 saturated carbocycles. The summed E-state index contributed by atoms with van der Waals surface area (Å²) in [7, 11) is 0. The molecular formula is C20H32FN3O2. The van der Waals surface area contributed by atoms with Crippen LogP contribution in [-0.2, 0) is 17.8 Å². The van der Waals surface area contributed by atoms with Crippen LogP contribution in [0.3, 0.4) is 0 Å². The number of benzene rings is 1. The lowest BCUT2D eigenvalue weighted by atomic mass is 10.0. The van der Waals surface area contributed by atoms with Crippen LogP contribution in [-0.4, -0.2) is 31.9 Å². The molecule has 0 saturated heterocycles. The second-order valence-corrected chi connectivity index (χ2v) is 7.19. The number of rotatable bonds is 8. The van der Waals surface area contributed by atoms with E-state index >= 15 is 0 Å². The Labute approximate surface area is 156 Å². The van der Waals surface area contributed by atoms with E-state index in [1.54, 1.807) is 0 Å². The minimum absolute atomic E-state index is 0.215. The second-order valence-electron chi connectivity index (χ2n) is 7.19. The van der Waals surface area contributed by atoms with Crippen LogP contribution in [0.25, 0.3) is 0 Å². The highest BCUT2D eigenvalue weighted by Crippen LogP contribution is 2.29. The Morgan fingerprint density at radius 3 is 2.81 bits per heavy atom. The molecule has 2 N–H and O–H groups in total. The second kappa shape index (κ2) is 10.4. The van der Waals surface area contributed by atoms with Crippen LogP contribution in [0.4, 0.5) is 4.39 Å². The van der Waals surface area contributed by atoms with E-state index in [2.05, 4.69) is 36.4 Å². The first-order valence-electron chi connectivity index (χ1n) is 9.56. The summed E-state index contributed by atoms with van der Waals surface area (Å²) in [4.78, 5) is 4.64. The number of fused-ring (bicyclic) bond motifs is 1. The van der Waals surface area contributed by atoms with Gasteiger partial charge in [-0.3, -0.25) is 4.99 Å². The predicted molar refractivity (Wildman–Crippen MR) is 103 cm³/mol. The fraction of sp³-hybridized carbons (Fsp3) is 0.650. The third kappa shape index (κ3) is 6.48. The molecule has 146 valence electrons. The normalized spacial score (nSPS) is 15.4. The third-order valence-electron chi connectivity index (χ3n) is 4.31. The van der Waals surface area contributed by atoms with Gasteiger partial charge >= 0.3 is 0 Å². The Morgan fingerprint density at radius 2 is 2.08 bits per heavy atom.